The molecule has 18 heavy (non-hydrogen) atoms. The fraction of sp³-hybridized carbons (Fsp3) is 0.600. The normalized spacial score (nSPS) is 21.2. The quantitative estimate of drug-likeness (QED) is 0.750. The topological polar surface area (TPSA) is 3.24 Å². The first-order valence-corrected chi connectivity index (χ1v) is 7.88. The summed E-state index contributed by atoms with van der Waals surface area (Å²) in [7, 11) is 0. The molecule has 0 aromatic heterocycles. The van der Waals surface area contributed by atoms with E-state index in [0.717, 1.165) is 24.0 Å². The van der Waals surface area contributed by atoms with Gasteiger partial charge in [-0.2, -0.15) is 0 Å². The molecule has 0 amide bonds. The second kappa shape index (κ2) is 6.67. The molecule has 1 heterocycles. The van der Waals surface area contributed by atoms with Crippen LogP contribution in [0.2, 0.25) is 0 Å². The maximum absolute atomic E-state index is 13.3. The molecule has 2 rings (SSSR count). The van der Waals surface area contributed by atoms with Crippen LogP contribution in [0.5, 0.6) is 0 Å². The highest BCUT2D eigenvalue weighted by Gasteiger charge is 2.22. The third-order valence-electron chi connectivity index (χ3n) is 3.88. The maximum atomic E-state index is 13.3. The molecular formula is C15H21BrFN. The Bertz CT molecular complexity index is 392. The molecule has 100 valence electrons. The van der Waals surface area contributed by atoms with Crippen LogP contribution in [-0.4, -0.2) is 22.8 Å². The second-order valence-electron chi connectivity index (χ2n) is 5.17. The lowest BCUT2D eigenvalue weighted by Gasteiger charge is -2.36. The van der Waals surface area contributed by atoms with E-state index < -0.39 is 0 Å². The summed E-state index contributed by atoms with van der Waals surface area (Å²) in [5.41, 5.74) is 2.33. The van der Waals surface area contributed by atoms with Gasteiger partial charge in [-0.25, -0.2) is 4.39 Å². The van der Waals surface area contributed by atoms with Gasteiger partial charge in [-0.1, -0.05) is 28.4 Å². The highest BCUT2D eigenvalue weighted by atomic mass is 79.9. The van der Waals surface area contributed by atoms with Gasteiger partial charge in [0.2, 0.25) is 0 Å². The summed E-state index contributed by atoms with van der Waals surface area (Å²) in [6.45, 7) is 4.10. The molecule has 1 saturated heterocycles. The molecule has 0 aliphatic carbocycles. The number of alkyl halides is 1. The van der Waals surface area contributed by atoms with Crippen molar-refractivity contribution in [3.63, 3.8) is 0 Å². The Labute approximate surface area is 118 Å². The summed E-state index contributed by atoms with van der Waals surface area (Å²) in [6.07, 6.45) is 5.07. The number of hydrogen-bond donors (Lipinski definition) is 0. The minimum atomic E-state index is -0.121. The van der Waals surface area contributed by atoms with E-state index in [1.807, 2.05) is 6.07 Å². The van der Waals surface area contributed by atoms with Gasteiger partial charge in [0.25, 0.3) is 0 Å². The molecule has 1 atom stereocenters. The summed E-state index contributed by atoms with van der Waals surface area (Å²) in [5.74, 6) is -0.121. The Balaban J connectivity index is 2.08. The van der Waals surface area contributed by atoms with Crippen molar-refractivity contribution in [3.05, 3.63) is 35.1 Å². The molecule has 0 N–H and O–H groups in total. The minimum Gasteiger partial charge on any atom is -0.296 e. The van der Waals surface area contributed by atoms with Gasteiger partial charge in [-0.05, 0) is 56.0 Å². The minimum absolute atomic E-state index is 0.121. The third kappa shape index (κ3) is 3.55. The molecule has 0 saturated carbocycles. The van der Waals surface area contributed by atoms with Gasteiger partial charge in [0.05, 0.1) is 0 Å². The second-order valence-corrected chi connectivity index (χ2v) is 5.96. The molecule has 1 unspecified atom stereocenters. The van der Waals surface area contributed by atoms with Gasteiger partial charge < -0.3 is 0 Å². The monoisotopic (exact) mass is 313 g/mol. The third-order valence-corrected chi connectivity index (χ3v) is 4.33. The van der Waals surface area contributed by atoms with Crippen molar-refractivity contribution >= 4 is 15.9 Å². The molecule has 0 bridgehead atoms. The van der Waals surface area contributed by atoms with E-state index in [2.05, 4.69) is 27.8 Å². The molecule has 1 aliphatic rings. The molecule has 1 aromatic rings. The van der Waals surface area contributed by atoms with Crippen molar-refractivity contribution in [1.29, 1.82) is 0 Å². The number of nitrogens with zero attached hydrogens (tertiary/aromatic N) is 1. The zero-order valence-corrected chi connectivity index (χ0v) is 12.5. The Morgan fingerprint density at radius 1 is 1.39 bits per heavy atom. The van der Waals surface area contributed by atoms with Crippen LogP contribution >= 0.6 is 15.9 Å². The molecule has 1 nitrogen and oxygen atoms in total. The van der Waals surface area contributed by atoms with Gasteiger partial charge in [0.15, 0.2) is 0 Å². The van der Waals surface area contributed by atoms with Gasteiger partial charge >= 0.3 is 0 Å². The van der Waals surface area contributed by atoms with Crippen LogP contribution in [0.25, 0.3) is 0 Å². The van der Waals surface area contributed by atoms with Gasteiger partial charge in [0.1, 0.15) is 5.82 Å². The van der Waals surface area contributed by atoms with Crippen LogP contribution in [-0.2, 0) is 6.54 Å². The maximum Gasteiger partial charge on any atom is 0.123 e. The Hall–Kier alpha value is -0.410. The fourth-order valence-corrected chi connectivity index (χ4v) is 3.28. The first-order valence-electron chi connectivity index (χ1n) is 6.75. The van der Waals surface area contributed by atoms with Crippen LogP contribution in [0.15, 0.2) is 18.2 Å². The molecule has 1 aromatic carbocycles. The first-order chi connectivity index (χ1) is 8.70. The van der Waals surface area contributed by atoms with Crippen molar-refractivity contribution < 1.29 is 4.39 Å². The summed E-state index contributed by atoms with van der Waals surface area (Å²) in [4.78, 5) is 2.52. The first kappa shape index (κ1) is 14.0. The van der Waals surface area contributed by atoms with Crippen molar-refractivity contribution in [2.45, 2.75) is 45.2 Å². The Morgan fingerprint density at radius 2 is 2.22 bits per heavy atom. The van der Waals surface area contributed by atoms with E-state index >= 15 is 0 Å². The number of benzene rings is 1. The zero-order chi connectivity index (χ0) is 13.0. The Morgan fingerprint density at radius 3 is 3.00 bits per heavy atom. The van der Waals surface area contributed by atoms with Crippen molar-refractivity contribution in [3.8, 4) is 0 Å². The lowest BCUT2D eigenvalue weighted by molar-refractivity contribution is 0.137. The average molecular weight is 314 g/mol. The summed E-state index contributed by atoms with van der Waals surface area (Å²) >= 11 is 3.54. The van der Waals surface area contributed by atoms with Crippen LogP contribution in [0.4, 0.5) is 4.39 Å². The Kier molecular flexibility index (Phi) is 5.19. The number of halogens is 2. The van der Waals surface area contributed by atoms with Crippen molar-refractivity contribution in [2.75, 3.05) is 11.9 Å². The highest BCUT2D eigenvalue weighted by molar-refractivity contribution is 9.09. The molecule has 1 fully saturated rings. The molecule has 0 radical (unpaired) electrons. The van der Waals surface area contributed by atoms with E-state index in [0.29, 0.717) is 6.04 Å². The number of piperidine rings is 1. The lowest BCUT2D eigenvalue weighted by Crippen LogP contribution is -2.39. The van der Waals surface area contributed by atoms with E-state index in [4.69, 9.17) is 0 Å². The van der Waals surface area contributed by atoms with Crippen molar-refractivity contribution in [2.24, 2.45) is 0 Å². The number of likely N-dealkylation sites (tertiary alicyclic amines) is 1. The van der Waals surface area contributed by atoms with Gasteiger partial charge in [0, 0.05) is 17.9 Å². The van der Waals surface area contributed by atoms with Crippen LogP contribution < -0.4 is 0 Å². The smallest absolute Gasteiger partial charge is 0.123 e. The van der Waals surface area contributed by atoms with E-state index in [1.54, 1.807) is 12.1 Å². The highest BCUT2D eigenvalue weighted by Crippen LogP contribution is 2.23. The number of aryl methyl sites for hydroxylation is 1. The number of rotatable bonds is 4. The average Bonchev–Trinajstić information content (AvgIpc) is 2.36. The predicted octanol–water partition coefficient (Wildman–Crippen LogP) is 4.27. The zero-order valence-electron chi connectivity index (χ0n) is 11.0. The SMILES string of the molecule is Cc1ccc(F)cc1CN1CCCCC1CCBr. The molecular weight excluding hydrogens is 293 g/mol. The standard InChI is InChI=1S/C15H21BrFN/c1-12-5-6-14(17)10-13(12)11-18-9-3-2-4-15(18)7-8-16/h5-6,10,15H,2-4,7-9,11H2,1H3. The molecule has 1 aliphatic heterocycles. The van der Waals surface area contributed by atoms with E-state index in [9.17, 15) is 4.39 Å². The van der Waals surface area contributed by atoms with Gasteiger partial charge in [-0.3, -0.25) is 4.90 Å². The van der Waals surface area contributed by atoms with E-state index in [-0.39, 0.29) is 5.82 Å². The fourth-order valence-electron chi connectivity index (χ4n) is 2.75. The predicted molar refractivity (Wildman–Crippen MR) is 77.6 cm³/mol. The largest absolute Gasteiger partial charge is 0.296 e. The summed E-state index contributed by atoms with van der Waals surface area (Å²) in [5, 5.41) is 1.05. The van der Waals surface area contributed by atoms with Gasteiger partial charge in [-0.15, -0.1) is 0 Å². The number of hydrogen-bond acceptors (Lipinski definition) is 1. The molecule has 3 heteroatoms. The summed E-state index contributed by atoms with van der Waals surface area (Å²) in [6, 6.07) is 5.77. The molecule has 0 spiro atoms. The van der Waals surface area contributed by atoms with Crippen molar-refractivity contribution in [1.82, 2.24) is 4.90 Å². The lowest BCUT2D eigenvalue weighted by atomic mass is 9.98. The van der Waals surface area contributed by atoms with Crippen LogP contribution in [0, 0.1) is 12.7 Å². The van der Waals surface area contributed by atoms with Crippen LogP contribution in [0.1, 0.15) is 36.8 Å². The van der Waals surface area contributed by atoms with Crippen LogP contribution in [0.3, 0.4) is 0 Å². The summed E-state index contributed by atoms with van der Waals surface area (Å²) < 4.78 is 13.3. The van der Waals surface area contributed by atoms with E-state index in [1.165, 1.54) is 31.2 Å².